The van der Waals surface area contributed by atoms with Gasteiger partial charge in [-0.25, -0.2) is 0 Å². The van der Waals surface area contributed by atoms with Crippen molar-refractivity contribution in [1.29, 1.82) is 0 Å². The number of piperidine rings is 1. The number of morpholine rings is 1. The molecule has 2 amide bonds. The van der Waals surface area contributed by atoms with Crippen molar-refractivity contribution in [1.82, 2.24) is 15.1 Å². The van der Waals surface area contributed by atoms with Crippen molar-refractivity contribution >= 4 is 23.2 Å². The van der Waals surface area contributed by atoms with Gasteiger partial charge in [0.05, 0.1) is 11.0 Å². The summed E-state index contributed by atoms with van der Waals surface area (Å²) >= 11 is 1.49. The molecule has 3 fully saturated rings. The number of ether oxygens (including phenoxy) is 1. The molecule has 0 aromatic carbocycles. The molecule has 1 N–H and O–H groups in total. The van der Waals surface area contributed by atoms with Gasteiger partial charge in [-0.1, -0.05) is 6.42 Å². The first-order valence-electron chi connectivity index (χ1n) is 10.1. The van der Waals surface area contributed by atoms with Crippen LogP contribution in [0.25, 0.3) is 0 Å². The van der Waals surface area contributed by atoms with Crippen LogP contribution in [0.5, 0.6) is 0 Å². The van der Waals surface area contributed by atoms with Gasteiger partial charge in [-0.2, -0.15) is 0 Å². The number of carbonyl (C=O) groups is 2. The molecule has 3 heterocycles. The summed E-state index contributed by atoms with van der Waals surface area (Å²) in [7, 11) is 0. The Kier molecular flexibility index (Phi) is 5.80. The fraction of sp³-hybridized carbons (Fsp3) is 0.700. The van der Waals surface area contributed by atoms with E-state index in [0.29, 0.717) is 19.1 Å². The molecule has 2 aliphatic heterocycles. The number of hydrogen-bond acceptors (Lipinski definition) is 5. The minimum absolute atomic E-state index is 0.0612. The van der Waals surface area contributed by atoms with Gasteiger partial charge in [-0.3, -0.25) is 9.59 Å². The van der Waals surface area contributed by atoms with Crippen LogP contribution in [0.4, 0.5) is 0 Å². The smallest absolute Gasteiger partial charge is 0.261 e. The highest BCUT2D eigenvalue weighted by molar-refractivity contribution is 7.13. The number of rotatable bonds is 5. The molecule has 0 bridgehead atoms. The van der Waals surface area contributed by atoms with Gasteiger partial charge < -0.3 is 19.9 Å². The summed E-state index contributed by atoms with van der Waals surface area (Å²) in [5.74, 6) is 0.0301. The van der Waals surface area contributed by atoms with Crippen molar-refractivity contribution in [3.63, 3.8) is 0 Å². The first-order chi connectivity index (χ1) is 13.1. The molecule has 6 nitrogen and oxygen atoms in total. The zero-order valence-electron chi connectivity index (χ0n) is 16.0. The van der Waals surface area contributed by atoms with Gasteiger partial charge in [0, 0.05) is 43.1 Å². The number of aryl methyl sites for hydroxylation is 1. The van der Waals surface area contributed by atoms with Gasteiger partial charge in [-0.05, 0) is 44.7 Å². The lowest BCUT2D eigenvalue weighted by Gasteiger charge is -2.45. The lowest BCUT2D eigenvalue weighted by atomic mass is 9.89. The Labute approximate surface area is 164 Å². The number of nitrogens with zero attached hydrogens (tertiary/aromatic N) is 2. The Hall–Kier alpha value is -1.44. The molecular weight excluding hydrogens is 362 g/mol. The largest absolute Gasteiger partial charge is 0.365 e. The zero-order valence-corrected chi connectivity index (χ0v) is 16.8. The Morgan fingerprint density at radius 3 is 2.63 bits per heavy atom. The highest BCUT2D eigenvalue weighted by Gasteiger charge is 2.35. The lowest BCUT2D eigenvalue weighted by molar-refractivity contribution is -0.153. The molecule has 1 aromatic rings. The standard InChI is InChI=1S/C20H29N3O3S/c1-14-5-6-18(27-14)20(25)21-11-17-12-23(19(24)13-26-17)16-7-9-22(10-8-16)15-3-2-4-15/h5-6,15-17H,2-4,7-13H2,1H3,(H,21,25)/t17-/m0/s1. The van der Waals surface area contributed by atoms with Crippen molar-refractivity contribution < 1.29 is 14.3 Å². The van der Waals surface area contributed by atoms with E-state index in [0.717, 1.165) is 41.7 Å². The maximum atomic E-state index is 12.4. The van der Waals surface area contributed by atoms with Crippen LogP contribution in [0, 0.1) is 6.92 Å². The third-order valence-electron chi connectivity index (χ3n) is 6.15. The Bertz CT molecular complexity index is 680. The minimum Gasteiger partial charge on any atom is -0.365 e. The third-order valence-corrected chi connectivity index (χ3v) is 7.15. The maximum Gasteiger partial charge on any atom is 0.261 e. The molecule has 7 heteroatoms. The van der Waals surface area contributed by atoms with E-state index in [1.165, 1.54) is 30.6 Å². The van der Waals surface area contributed by atoms with Gasteiger partial charge in [0.1, 0.15) is 6.61 Å². The van der Waals surface area contributed by atoms with Gasteiger partial charge in [0.25, 0.3) is 5.91 Å². The number of hydrogen-bond donors (Lipinski definition) is 1. The number of amides is 2. The van der Waals surface area contributed by atoms with Crippen molar-refractivity contribution in [2.75, 3.05) is 32.8 Å². The molecule has 148 valence electrons. The van der Waals surface area contributed by atoms with Gasteiger partial charge in [0.2, 0.25) is 5.91 Å². The van der Waals surface area contributed by atoms with E-state index in [2.05, 4.69) is 10.2 Å². The fourth-order valence-corrected chi connectivity index (χ4v) is 5.07. The lowest BCUT2D eigenvalue weighted by Crippen LogP contribution is -2.57. The Morgan fingerprint density at radius 2 is 2.00 bits per heavy atom. The third kappa shape index (κ3) is 4.36. The van der Waals surface area contributed by atoms with Gasteiger partial charge in [0.15, 0.2) is 0 Å². The predicted octanol–water partition coefficient (Wildman–Crippen LogP) is 2.03. The van der Waals surface area contributed by atoms with Crippen molar-refractivity contribution in [2.24, 2.45) is 0 Å². The molecule has 0 radical (unpaired) electrons. The molecule has 0 unspecified atom stereocenters. The average molecular weight is 392 g/mol. The first kappa shape index (κ1) is 18.9. The summed E-state index contributed by atoms with van der Waals surface area (Å²) in [6.07, 6.45) is 6.02. The average Bonchev–Trinajstić information content (AvgIpc) is 3.07. The van der Waals surface area contributed by atoms with Crippen LogP contribution >= 0.6 is 11.3 Å². The maximum absolute atomic E-state index is 12.4. The van der Waals surface area contributed by atoms with Crippen molar-refractivity contribution in [2.45, 2.75) is 57.2 Å². The SMILES string of the molecule is Cc1ccc(C(=O)NC[C@H]2CN(C3CCN(C4CCC4)CC3)C(=O)CO2)s1. The molecule has 2 saturated heterocycles. The Balaban J connectivity index is 1.26. The predicted molar refractivity (Wildman–Crippen MR) is 105 cm³/mol. The number of nitrogens with one attached hydrogen (secondary N) is 1. The first-order valence-corrected chi connectivity index (χ1v) is 10.9. The molecule has 1 saturated carbocycles. The van der Waals surface area contributed by atoms with E-state index in [1.54, 1.807) is 0 Å². The van der Waals surface area contributed by atoms with Gasteiger partial charge >= 0.3 is 0 Å². The summed E-state index contributed by atoms with van der Waals surface area (Å²) < 4.78 is 5.68. The highest BCUT2D eigenvalue weighted by Crippen LogP contribution is 2.29. The summed E-state index contributed by atoms with van der Waals surface area (Å²) in [6.45, 7) is 5.34. The van der Waals surface area contributed by atoms with E-state index < -0.39 is 0 Å². The van der Waals surface area contributed by atoms with E-state index >= 15 is 0 Å². The number of carbonyl (C=O) groups excluding carboxylic acids is 2. The topological polar surface area (TPSA) is 61.9 Å². The second-order valence-electron chi connectivity index (χ2n) is 7.95. The quantitative estimate of drug-likeness (QED) is 0.834. The summed E-state index contributed by atoms with van der Waals surface area (Å²) in [5.41, 5.74) is 0. The molecule has 1 atom stereocenters. The Morgan fingerprint density at radius 1 is 1.22 bits per heavy atom. The summed E-state index contributed by atoms with van der Waals surface area (Å²) in [5, 5.41) is 2.96. The van der Waals surface area contributed by atoms with E-state index in [9.17, 15) is 9.59 Å². The second kappa shape index (κ2) is 8.29. The van der Waals surface area contributed by atoms with Crippen LogP contribution in [0.2, 0.25) is 0 Å². The molecular formula is C20H29N3O3S. The highest BCUT2D eigenvalue weighted by atomic mass is 32.1. The van der Waals surface area contributed by atoms with Crippen LogP contribution in [0.3, 0.4) is 0 Å². The van der Waals surface area contributed by atoms with Crippen LogP contribution in [-0.2, 0) is 9.53 Å². The van der Waals surface area contributed by atoms with Gasteiger partial charge in [-0.15, -0.1) is 11.3 Å². The molecule has 3 aliphatic rings. The molecule has 4 rings (SSSR count). The normalized spacial score (nSPS) is 25.4. The summed E-state index contributed by atoms with van der Waals surface area (Å²) in [6, 6.07) is 4.90. The molecule has 27 heavy (non-hydrogen) atoms. The number of likely N-dealkylation sites (tertiary alicyclic amines) is 1. The van der Waals surface area contributed by atoms with E-state index in [4.69, 9.17) is 4.74 Å². The zero-order chi connectivity index (χ0) is 18.8. The van der Waals surface area contributed by atoms with Crippen molar-refractivity contribution in [3.8, 4) is 0 Å². The monoisotopic (exact) mass is 391 g/mol. The fourth-order valence-electron chi connectivity index (χ4n) is 4.29. The van der Waals surface area contributed by atoms with E-state index in [-0.39, 0.29) is 24.5 Å². The van der Waals surface area contributed by atoms with Crippen LogP contribution in [0.15, 0.2) is 12.1 Å². The molecule has 1 aromatic heterocycles. The summed E-state index contributed by atoms with van der Waals surface area (Å²) in [4.78, 5) is 31.1. The van der Waals surface area contributed by atoms with Crippen LogP contribution in [-0.4, -0.2) is 72.6 Å². The molecule has 0 spiro atoms. The number of thiophene rings is 1. The molecule has 1 aliphatic carbocycles. The minimum atomic E-state index is -0.127. The van der Waals surface area contributed by atoms with Crippen LogP contribution in [0.1, 0.15) is 46.7 Å². The van der Waals surface area contributed by atoms with Crippen molar-refractivity contribution in [3.05, 3.63) is 21.9 Å². The second-order valence-corrected chi connectivity index (χ2v) is 9.24. The van der Waals surface area contributed by atoms with Crippen LogP contribution < -0.4 is 5.32 Å². The van der Waals surface area contributed by atoms with E-state index in [1.807, 2.05) is 24.0 Å².